The summed E-state index contributed by atoms with van der Waals surface area (Å²) in [6, 6.07) is 16.6. The van der Waals surface area contributed by atoms with E-state index in [1.807, 2.05) is 18.2 Å². The summed E-state index contributed by atoms with van der Waals surface area (Å²) in [6.07, 6.45) is 2.16. The van der Waals surface area contributed by atoms with Gasteiger partial charge < -0.3 is 17.0 Å². The molecule has 104 valence electrons. The van der Waals surface area contributed by atoms with E-state index in [0.717, 1.165) is 18.1 Å². The first kappa shape index (κ1) is 15.1. The van der Waals surface area contributed by atoms with Crippen molar-refractivity contribution >= 4 is 22.6 Å². The zero-order chi connectivity index (χ0) is 13.2. The summed E-state index contributed by atoms with van der Waals surface area (Å²) in [5, 5.41) is 0.784. The van der Waals surface area contributed by atoms with Gasteiger partial charge in [-0.2, -0.15) is 0 Å². The smallest absolute Gasteiger partial charge is 0.245 e. The van der Waals surface area contributed by atoms with Crippen molar-refractivity contribution in [2.24, 2.45) is 0 Å². The average Bonchev–Trinajstić information content (AvgIpc) is 2.77. The fourth-order valence-corrected chi connectivity index (χ4v) is 2.59. The second-order valence-corrected chi connectivity index (χ2v) is 5.08. The molecule has 0 saturated carbocycles. The number of benzene rings is 2. The molecule has 0 bridgehead atoms. The molecule has 0 atom stereocenters. The zero-order valence-electron chi connectivity index (χ0n) is 11.3. The highest BCUT2D eigenvalue weighted by molar-refractivity contribution is 6.31. The third-order valence-electron chi connectivity index (χ3n) is 3.37. The van der Waals surface area contributed by atoms with E-state index in [0.29, 0.717) is 0 Å². The molecule has 20 heavy (non-hydrogen) atoms. The van der Waals surface area contributed by atoms with Gasteiger partial charge in [-0.25, -0.2) is 9.13 Å². The Balaban J connectivity index is 0.00000147. The van der Waals surface area contributed by atoms with Gasteiger partial charge in [0.05, 0.1) is 6.54 Å². The molecule has 3 aromatic rings. The van der Waals surface area contributed by atoms with Gasteiger partial charge >= 0.3 is 0 Å². The molecule has 2 aromatic carbocycles. The highest BCUT2D eigenvalue weighted by atomic mass is 79.9. The first-order chi connectivity index (χ1) is 9.28. The summed E-state index contributed by atoms with van der Waals surface area (Å²) < 4.78 is 4.49. The lowest BCUT2D eigenvalue weighted by Gasteiger charge is -1.98. The Morgan fingerprint density at radius 2 is 1.85 bits per heavy atom. The molecule has 1 heterocycles. The Hall–Kier alpha value is -1.32. The predicted molar refractivity (Wildman–Crippen MR) is 78.4 cm³/mol. The minimum Gasteiger partial charge on any atom is -1.00 e. The number of imidazole rings is 1. The normalized spacial score (nSPS) is 10.5. The highest BCUT2D eigenvalue weighted by Gasteiger charge is 2.14. The van der Waals surface area contributed by atoms with E-state index in [1.54, 1.807) is 0 Å². The van der Waals surface area contributed by atoms with E-state index >= 15 is 0 Å². The fraction of sp³-hybridized carbons (Fsp3) is 0.188. The number of hydrogen-bond donors (Lipinski definition) is 0. The second kappa shape index (κ2) is 6.42. The molecule has 2 nitrogen and oxygen atoms in total. The molecule has 0 unspecified atom stereocenters. The number of nitrogens with zero attached hydrogens (tertiary/aromatic N) is 2. The molecule has 0 amide bonds. The van der Waals surface area contributed by atoms with Crippen molar-refractivity contribution in [3.8, 4) is 0 Å². The molecule has 0 fully saturated rings. The van der Waals surface area contributed by atoms with Gasteiger partial charge in [-0.3, -0.25) is 0 Å². The Kier molecular flexibility index (Phi) is 4.84. The van der Waals surface area contributed by atoms with Crippen LogP contribution in [0.5, 0.6) is 0 Å². The molecule has 4 heteroatoms. The number of aryl methyl sites for hydroxylation is 1. The standard InChI is InChI=1S/C16H16ClN2.BrH/c1-2-18-12-19(11-13-6-4-3-5-7-13)15-9-8-14(17)10-16(15)18;/h3-10,12H,2,11H2,1H3;1H/q+1;/p-1. The van der Waals surface area contributed by atoms with Crippen molar-refractivity contribution in [2.45, 2.75) is 20.0 Å². The summed E-state index contributed by atoms with van der Waals surface area (Å²) in [6.45, 7) is 3.97. The van der Waals surface area contributed by atoms with Gasteiger partial charge in [-0.15, -0.1) is 0 Å². The molecule has 0 N–H and O–H groups in total. The van der Waals surface area contributed by atoms with Crippen LogP contribution in [0.15, 0.2) is 54.9 Å². The van der Waals surface area contributed by atoms with Crippen molar-refractivity contribution in [1.82, 2.24) is 4.57 Å². The quantitative estimate of drug-likeness (QED) is 0.613. The van der Waals surface area contributed by atoms with Gasteiger partial charge in [0.1, 0.15) is 6.54 Å². The largest absolute Gasteiger partial charge is 1.00 e. The monoisotopic (exact) mass is 350 g/mol. The van der Waals surface area contributed by atoms with E-state index in [2.05, 4.69) is 52.7 Å². The number of halogens is 2. The first-order valence-corrected chi connectivity index (χ1v) is 6.87. The molecule has 0 spiro atoms. The Labute approximate surface area is 134 Å². The van der Waals surface area contributed by atoms with Crippen LogP contribution < -0.4 is 21.5 Å². The summed E-state index contributed by atoms with van der Waals surface area (Å²) in [5.74, 6) is 0. The molecule has 1 aromatic heterocycles. The van der Waals surface area contributed by atoms with Crippen LogP contribution in [-0.2, 0) is 13.1 Å². The van der Waals surface area contributed by atoms with Crippen molar-refractivity contribution in [3.63, 3.8) is 0 Å². The van der Waals surface area contributed by atoms with Crippen LogP contribution in [0.3, 0.4) is 0 Å². The fourth-order valence-electron chi connectivity index (χ4n) is 2.42. The van der Waals surface area contributed by atoms with Crippen molar-refractivity contribution in [1.29, 1.82) is 0 Å². The number of hydrogen-bond acceptors (Lipinski definition) is 0. The van der Waals surface area contributed by atoms with E-state index in [4.69, 9.17) is 11.6 Å². The molecule has 0 saturated heterocycles. The maximum atomic E-state index is 6.09. The molecule has 3 rings (SSSR count). The highest BCUT2D eigenvalue weighted by Crippen LogP contribution is 2.17. The van der Waals surface area contributed by atoms with Crippen LogP contribution in [0.25, 0.3) is 11.0 Å². The Morgan fingerprint density at radius 1 is 1.10 bits per heavy atom. The summed E-state index contributed by atoms with van der Waals surface area (Å²) in [4.78, 5) is 0. The van der Waals surface area contributed by atoms with Crippen molar-refractivity contribution < 1.29 is 21.5 Å². The van der Waals surface area contributed by atoms with E-state index < -0.39 is 0 Å². The van der Waals surface area contributed by atoms with Crippen LogP contribution in [0.2, 0.25) is 5.02 Å². The topological polar surface area (TPSA) is 8.81 Å². The summed E-state index contributed by atoms with van der Waals surface area (Å²) in [5.41, 5.74) is 3.71. The third kappa shape index (κ3) is 2.89. The average molecular weight is 352 g/mol. The van der Waals surface area contributed by atoms with E-state index in [9.17, 15) is 0 Å². The molecule has 0 radical (unpaired) electrons. The van der Waals surface area contributed by atoms with Gasteiger partial charge in [-0.05, 0) is 24.6 Å². The lowest BCUT2D eigenvalue weighted by Crippen LogP contribution is -3.00. The second-order valence-electron chi connectivity index (χ2n) is 4.65. The minimum atomic E-state index is 0. The van der Waals surface area contributed by atoms with Crippen LogP contribution in [0, 0.1) is 0 Å². The Morgan fingerprint density at radius 3 is 2.55 bits per heavy atom. The number of rotatable bonds is 3. The maximum absolute atomic E-state index is 6.09. The SMILES string of the molecule is CCn1c[n+](Cc2ccccc2)c2ccc(Cl)cc21.[Br-]. The van der Waals surface area contributed by atoms with Gasteiger partial charge in [-0.1, -0.05) is 41.9 Å². The van der Waals surface area contributed by atoms with Gasteiger partial charge in [0.15, 0.2) is 11.0 Å². The van der Waals surface area contributed by atoms with Crippen LogP contribution in [-0.4, -0.2) is 4.57 Å². The molecular formula is C16H16BrClN2. The predicted octanol–water partition coefficient (Wildman–Crippen LogP) is 0.654. The molecule has 0 aliphatic rings. The summed E-state index contributed by atoms with van der Waals surface area (Å²) >= 11 is 6.09. The number of aromatic nitrogens is 2. The molecule has 0 aliphatic carbocycles. The van der Waals surface area contributed by atoms with E-state index in [1.165, 1.54) is 16.6 Å². The van der Waals surface area contributed by atoms with Crippen LogP contribution in [0.4, 0.5) is 0 Å². The molecule has 0 aliphatic heterocycles. The van der Waals surface area contributed by atoms with Gasteiger partial charge in [0.25, 0.3) is 0 Å². The van der Waals surface area contributed by atoms with Crippen LogP contribution >= 0.6 is 11.6 Å². The van der Waals surface area contributed by atoms with Gasteiger partial charge in [0, 0.05) is 11.1 Å². The number of fused-ring (bicyclic) bond motifs is 1. The van der Waals surface area contributed by atoms with Gasteiger partial charge in [0.2, 0.25) is 6.33 Å². The van der Waals surface area contributed by atoms with Crippen molar-refractivity contribution in [3.05, 3.63) is 65.4 Å². The third-order valence-corrected chi connectivity index (χ3v) is 3.61. The van der Waals surface area contributed by atoms with Crippen LogP contribution in [0.1, 0.15) is 12.5 Å². The maximum Gasteiger partial charge on any atom is 0.245 e. The lowest BCUT2D eigenvalue weighted by atomic mass is 10.2. The Bertz CT molecular complexity index is 707. The summed E-state index contributed by atoms with van der Waals surface area (Å²) in [7, 11) is 0. The van der Waals surface area contributed by atoms with E-state index in [-0.39, 0.29) is 17.0 Å². The minimum absolute atomic E-state index is 0. The zero-order valence-corrected chi connectivity index (χ0v) is 13.6. The van der Waals surface area contributed by atoms with Crippen molar-refractivity contribution in [2.75, 3.05) is 0 Å². The first-order valence-electron chi connectivity index (χ1n) is 6.49. The molecular weight excluding hydrogens is 336 g/mol. The lowest BCUT2D eigenvalue weighted by molar-refractivity contribution is -0.663.